The van der Waals surface area contributed by atoms with Crippen LogP contribution in [0.3, 0.4) is 0 Å². The van der Waals surface area contributed by atoms with Gasteiger partial charge in [-0.3, -0.25) is 9.52 Å². The quantitative estimate of drug-likeness (QED) is 0.933. The van der Waals surface area contributed by atoms with Crippen LogP contribution in [-0.4, -0.2) is 27.0 Å². The van der Waals surface area contributed by atoms with E-state index < -0.39 is 11.0 Å². The molecule has 1 aliphatic heterocycles. The van der Waals surface area contributed by atoms with Gasteiger partial charge in [-0.1, -0.05) is 0 Å². The van der Waals surface area contributed by atoms with E-state index in [9.17, 15) is 9.00 Å². The lowest BCUT2D eigenvalue weighted by Gasteiger charge is -2.08. The van der Waals surface area contributed by atoms with Gasteiger partial charge in [-0.05, 0) is 30.4 Å². The van der Waals surface area contributed by atoms with Gasteiger partial charge < -0.3 is 4.74 Å². The van der Waals surface area contributed by atoms with Crippen LogP contribution in [-0.2, 0) is 15.8 Å². The van der Waals surface area contributed by atoms with Crippen LogP contribution in [0.2, 0.25) is 0 Å². The molecule has 1 saturated carbocycles. The molecule has 1 atom stereocenters. The first-order valence-corrected chi connectivity index (χ1v) is 7.82. The Kier molecular flexibility index (Phi) is 2.65. The number of hydrogen-bond acceptors (Lipinski definition) is 4. The Morgan fingerprint density at radius 2 is 2.24 bits per heavy atom. The monoisotopic (exact) mass is 303 g/mol. The van der Waals surface area contributed by atoms with Crippen LogP contribution in [0.15, 0.2) is 24.4 Å². The van der Waals surface area contributed by atoms with Gasteiger partial charge in [0.15, 0.2) is 16.0 Å². The molecule has 0 saturated heterocycles. The van der Waals surface area contributed by atoms with E-state index in [-0.39, 0.29) is 5.91 Å². The molecule has 4 rings (SSSR count). The highest BCUT2D eigenvalue weighted by Gasteiger charge is 2.29. The maximum absolute atomic E-state index is 11.9. The molecule has 108 valence electrons. The van der Waals surface area contributed by atoms with Crippen molar-refractivity contribution in [2.75, 3.05) is 7.11 Å². The summed E-state index contributed by atoms with van der Waals surface area (Å²) in [7, 11) is 0.0565. The maximum atomic E-state index is 11.9. The molecule has 7 heteroatoms. The average molecular weight is 303 g/mol. The molecule has 1 aromatic heterocycles. The minimum absolute atomic E-state index is 0.352. The van der Waals surface area contributed by atoms with Crippen molar-refractivity contribution in [1.29, 1.82) is 0 Å². The van der Waals surface area contributed by atoms with Crippen LogP contribution < -0.4 is 9.46 Å². The lowest BCUT2D eigenvalue weighted by atomic mass is 10.1. The fourth-order valence-corrected chi connectivity index (χ4v) is 3.49. The largest absolute Gasteiger partial charge is 0.497 e. The summed E-state index contributed by atoms with van der Waals surface area (Å²) in [4.78, 5) is 11.4. The summed E-state index contributed by atoms with van der Waals surface area (Å²) in [6, 6.07) is 3.89. The molecule has 0 spiro atoms. The summed E-state index contributed by atoms with van der Waals surface area (Å²) >= 11 is 0. The Morgan fingerprint density at radius 1 is 1.43 bits per heavy atom. The van der Waals surface area contributed by atoms with E-state index in [1.165, 1.54) is 24.5 Å². The zero-order valence-corrected chi connectivity index (χ0v) is 12.1. The number of amides is 1. The summed E-state index contributed by atoms with van der Waals surface area (Å²) in [5.41, 5.74) is 2.02. The third-order valence-corrected chi connectivity index (χ3v) is 4.85. The molecule has 1 fully saturated rings. The standard InChI is InChI=1S/C14H13N3O3S/c1-20-9-4-10(8-2-3-8)11-7-15-17(12(11)5-9)14-6-13(18)16-21(14)19/h4-8H,2-3H2,1H3,(H,16,18). The van der Waals surface area contributed by atoms with Crippen molar-refractivity contribution in [3.05, 3.63) is 30.0 Å². The topological polar surface area (TPSA) is 73.2 Å². The summed E-state index contributed by atoms with van der Waals surface area (Å²) in [5.74, 6) is 0.926. The third kappa shape index (κ3) is 1.96. The van der Waals surface area contributed by atoms with Crippen LogP contribution in [0.25, 0.3) is 15.9 Å². The van der Waals surface area contributed by atoms with Crippen molar-refractivity contribution in [2.45, 2.75) is 18.8 Å². The molecule has 2 aromatic rings. The van der Waals surface area contributed by atoms with Gasteiger partial charge in [0.1, 0.15) is 5.75 Å². The summed E-state index contributed by atoms with van der Waals surface area (Å²) in [6.45, 7) is 0. The van der Waals surface area contributed by atoms with Crippen molar-refractivity contribution < 1.29 is 13.7 Å². The Bertz CT molecular complexity index is 820. The van der Waals surface area contributed by atoms with E-state index in [0.717, 1.165) is 16.7 Å². The SMILES string of the molecule is COc1cc(C2CC2)c2cnn(C3=CC(=O)NS3=O)c2c1. The van der Waals surface area contributed by atoms with Crippen molar-refractivity contribution in [2.24, 2.45) is 0 Å². The van der Waals surface area contributed by atoms with E-state index in [2.05, 4.69) is 9.82 Å². The fourth-order valence-electron chi connectivity index (χ4n) is 2.63. The number of methoxy groups -OCH3 is 1. The van der Waals surface area contributed by atoms with Crippen LogP contribution in [0.5, 0.6) is 5.75 Å². The number of ether oxygens (including phenoxy) is 1. The first-order valence-electron chi connectivity index (χ1n) is 6.67. The number of aromatic nitrogens is 2. The van der Waals surface area contributed by atoms with E-state index >= 15 is 0 Å². The normalized spacial score (nSPS) is 21.5. The van der Waals surface area contributed by atoms with Gasteiger partial charge in [0.05, 0.1) is 18.8 Å². The fraction of sp³-hybridized carbons (Fsp3) is 0.286. The Morgan fingerprint density at radius 3 is 2.86 bits per heavy atom. The molecular formula is C14H13N3O3S. The predicted molar refractivity (Wildman–Crippen MR) is 78.8 cm³/mol. The minimum atomic E-state index is -1.57. The molecule has 1 amide bonds. The Labute approximate surface area is 123 Å². The molecule has 6 nitrogen and oxygen atoms in total. The van der Waals surface area contributed by atoms with Gasteiger partial charge in [-0.15, -0.1) is 0 Å². The minimum Gasteiger partial charge on any atom is -0.497 e. The van der Waals surface area contributed by atoms with Gasteiger partial charge in [-0.2, -0.15) is 5.10 Å². The first kappa shape index (κ1) is 12.6. The molecule has 1 aliphatic carbocycles. The summed E-state index contributed by atoms with van der Waals surface area (Å²) in [6.07, 6.45) is 5.42. The number of carbonyl (C=O) groups excluding carboxylic acids is 1. The molecule has 1 N–H and O–H groups in total. The highest BCUT2D eigenvalue weighted by molar-refractivity contribution is 7.93. The van der Waals surface area contributed by atoms with Gasteiger partial charge >= 0.3 is 0 Å². The average Bonchev–Trinajstić information content (AvgIpc) is 3.15. The van der Waals surface area contributed by atoms with Gasteiger partial charge in [-0.25, -0.2) is 8.89 Å². The summed E-state index contributed by atoms with van der Waals surface area (Å²) < 4.78 is 21.2. The smallest absolute Gasteiger partial charge is 0.258 e. The second-order valence-electron chi connectivity index (χ2n) is 5.20. The van der Waals surface area contributed by atoms with Crippen molar-refractivity contribution >= 4 is 32.8 Å². The second kappa shape index (κ2) is 4.42. The third-order valence-electron chi connectivity index (χ3n) is 3.79. The number of rotatable bonds is 3. The van der Waals surface area contributed by atoms with Crippen molar-refractivity contribution in [3.8, 4) is 5.75 Å². The van der Waals surface area contributed by atoms with Crippen LogP contribution in [0.4, 0.5) is 0 Å². The molecular weight excluding hydrogens is 290 g/mol. The molecule has 21 heavy (non-hydrogen) atoms. The lowest BCUT2D eigenvalue weighted by molar-refractivity contribution is -0.114. The molecule has 0 radical (unpaired) electrons. The maximum Gasteiger partial charge on any atom is 0.258 e. The summed E-state index contributed by atoms with van der Waals surface area (Å²) in [5, 5.41) is 5.69. The highest BCUT2D eigenvalue weighted by atomic mass is 32.2. The number of benzene rings is 1. The van der Waals surface area contributed by atoms with Crippen LogP contribution >= 0.6 is 0 Å². The first-order chi connectivity index (χ1) is 10.2. The van der Waals surface area contributed by atoms with E-state index in [0.29, 0.717) is 10.9 Å². The molecule has 2 heterocycles. The van der Waals surface area contributed by atoms with Crippen LogP contribution in [0.1, 0.15) is 24.3 Å². The molecule has 0 bridgehead atoms. The second-order valence-corrected chi connectivity index (χ2v) is 6.36. The number of fused-ring (bicyclic) bond motifs is 1. The zero-order chi connectivity index (χ0) is 14.6. The van der Waals surface area contributed by atoms with E-state index in [1.54, 1.807) is 18.0 Å². The molecule has 1 aromatic carbocycles. The van der Waals surface area contributed by atoms with Crippen LogP contribution in [0, 0.1) is 0 Å². The van der Waals surface area contributed by atoms with Gasteiger partial charge in [0.2, 0.25) is 0 Å². The van der Waals surface area contributed by atoms with E-state index in [1.807, 2.05) is 12.1 Å². The zero-order valence-electron chi connectivity index (χ0n) is 11.3. The highest BCUT2D eigenvalue weighted by Crippen LogP contribution is 2.44. The molecule has 1 unspecified atom stereocenters. The Hall–Kier alpha value is -2.15. The van der Waals surface area contributed by atoms with Crippen molar-refractivity contribution in [3.63, 3.8) is 0 Å². The van der Waals surface area contributed by atoms with Gasteiger partial charge in [0, 0.05) is 17.5 Å². The predicted octanol–water partition coefficient (Wildman–Crippen LogP) is 1.51. The molecule has 2 aliphatic rings. The lowest BCUT2D eigenvalue weighted by Crippen LogP contribution is -2.17. The number of hydrogen-bond donors (Lipinski definition) is 1. The number of nitrogens with zero attached hydrogens (tertiary/aromatic N) is 2. The van der Waals surface area contributed by atoms with Crippen molar-refractivity contribution in [1.82, 2.24) is 14.5 Å². The van der Waals surface area contributed by atoms with Gasteiger partial charge in [0.25, 0.3) is 5.91 Å². The number of carbonyl (C=O) groups is 1. The van der Waals surface area contributed by atoms with E-state index in [4.69, 9.17) is 4.74 Å². The number of nitrogens with one attached hydrogen (secondary N) is 1. The Balaban J connectivity index is 1.95.